The Balaban J connectivity index is 2.43. The zero-order chi connectivity index (χ0) is 13.3. The lowest BCUT2D eigenvalue weighted by molar-refractivity contribution is 0.407. The third kappa shape index (κ3) is 2.39. The lowest BCUT2D eigenvalue weighted by Gasteiger charge is -2.22. The Hall–Kier alpha value is -1.02. The van der Waals surface area contributed by atoms with Crippen LogP contribution in [0.15, 0.2) is 6.07 Å². The number of nitrogens with two attached hydrogens (primary N) is 1. The van der Waals surface area contributed by atoms with Gasteiger partial charge in [0, 0.05) is 0 Å². The molecule has 1 saturated carbocycles. The molecule has 1 aliphatic carbocycles. The lowest BCUT2D eigenvalue weighted by Crippen LogP contribution is -2.12. The molecule has 0 amide bonds. The summed E-state index contributed by atoms with van der Waals surface area (Å²) in [5, 5.41) is 0. The maximum Gasteiger partial charge on any atom is 0.124 e. The Morgan fingerprint density at radius 3 is 2.44 bits per heavy atom. The van der Waals surface area contributed by atoms with Crippen LogP contribution >= 0.6 is 0 Å². The summed E-state index contributed by atoms with van der Waals surface area (Å²) >= 11 is 0. The van der Waals surface area contributed by atoms with Gasteiger partial charge in [-0.3, -0.25) is 0 Å². The van der Waals surface area contributed by atoms with Gasteiger partial charge in [0.05, 0.1) is 7.11 Å². The second-order valence-corrected chi connectivity index (χ2v) is 5.59. The van der Waals surface area contributed by atoms with E-state index in [4.69, 9.17) is 10.5 Å². The first kappa shape index (κ1) is 13.4. The lowest BCUT2D eigenvalue weighted by atomic mass is 9.85. The molecule has 1 atom stereocenters. The van der Waals surface area contributed by atoms with Gasteiger partial charge in [0.2, 0.25) is 0 Å². The number of ether oxygens (including phenoxy) is 1. The molecule has 0 aromatic heterocycles. The van der Waals surface area contributed by atoms with Crippen LogP contribution in [0, 0.1) is 26.7 Å². The fourth-order valence-corrected chi connectivity index (χ4v) is 3.11. The van der Waals surface area contributed by atoms with E-state index in [1.165, 1.54) is 35.1 Å². The van der Waals surface area contributed by atoms with Crippen LogP contribution in [0.3, 0.4) is 0 Å². The molecule has 2 N–H and O–H groups in total. The van der Waals surface area contributed by atoms with Crippen LogP contribution in [0.1, 0.15) is 47.4 Å². The van der Waals surface area contributed by atoms with Crippen LogP contribution in [0.25, 0.3) is 0 Å². The summed E-state index contributed by atoms with van der Waals surface area (Å²) in [4.78, 5) is 0. The maximum absolute atomic E-state index is 5.79. The summed E-state index contributed by atoms with van der Waals surface area (Å²) in [6, 6.07) is 2.32. The van der Waals surface area contributed by atoms with E-state index < -0.39 is 0 Å². The van der Waals surface area contributed by atoms with E-state index >= 15 is 0 Å². The van der Waals surface area contributed by atoms with E-state index in [0.717, 1.165) is 24.6 Å². The van der Waals surface area contributed by atoms with Crippen LogP contribution in [0.5, 0.6) is 5.75 Å². The van der Waals surface area contributed by atoms with Gasteiger partial charge in [0.25, 0.3) is 0 Å². The fourth-order valence-electron chi connectivity index (χ4n) is 3.11. The molecule has 1 aromatic carbocycles. The van der Waals surface area contributed by atoms with Gasteiger partial charge in [-0.2, -0.15) is 0 Å². The largest absolute Gasteiger partial charge is 0.496 e. The number of rotatable bonds is 5. The van der Waals surface area contributed by atoms with Gasteiger partial charge in [0.15, 0.2) is 0 Å². The highest BCUT2D eigenvalue weighted by molar-refractivity contribution is 5.50. The molecule has 0 radical (unpaired) electrons. The summed E-state index contributed by atoms with van der Waals surface area (Å²) in [6.45, 7) is 7.31. The summed E-state index contributed by atoms with van der Waals surface area (Å²) in [5.74, 6) is 2.55. The van der Waals surface area contributed by atoms with Crippen molar-refractivity contribution < 1.29 is 4.74 Å². The smallest absolute Gasteiger partial charge is 0.124 e. The molecule has 0 spiro atoms. The molecule has 2 nitrogen and oxygen atoms in total. The molecule has 1 fully saturated rings. The topological polar surface area (TPSA) is 35.2 Å². The van der Waals surface area contributed by atoms with Crippen molar-refractivity contribution in [1.29, 1.82) is 0 Å². The first-order chi connectivity index (χ1) is 8.60. The van der Waals surface area contributed by atoms with Gasteiger partial charge < -0.3 is 10.5 Å². The molecule has 0 saturated heterocycles. The number of hydrogen-bond donors (Lipinski definition) is 1. The third-order valence-electron chi connectivity index (χ3n) is 4.34. The molecule has 1 unspecified atom stereocenters. The standard InChI is InChI=1S/C16H25NO/c1-10-9-15(11(2)12(3)16(10)18-4)14(7-8-17)13-5-6-13/h9,13-14H,5-8,17H2,1-4H3. The molecule has 0 heterocycles. The Labute approximate surface area is 111 Å². The monoisotopic (exact) mass is 247 g/mol. The van der Waals surface area contributed by atoms with Gasteiger partial charge in [-0.15, -0.1) is 0 Å². The Morgan fingerprint density at radius 2 is 1.94 bits per heavy atom. The molecule has 1 aromatic rings. The normalized spacial score (nSPS) is 16.7. The first-order valence-electron chi connectivity index (χ1n) is 6.94. The summed E-state index contributed by atoms with van der Waals surface area (Å²) in [6.07, 6.45) is 3.85. The minimum absolute atomic E-state index is 0.651. The Bertz CT molecular complexity index is 435. The molecule has 18 heavy (non-hydrogen) atoms. The van der Waals surface area contributed by atoms with Crippen molar-refractivity contribution in [3.63, 3.8) is 0 Å². The highest BCUT2D eigenvalue weighted by Gasteiger charge is 2.33. The second-order valence-electron chi connectivity index (χ2n) is 5.59. The predicted octanol–water partition coefficient (Wildman–Crippen LogP) is 3.46. The summed E-state index contributed by atoms with van der Waals surface area (Å²) in [5.41, 5.74) is 11.2. The quantitative estimate of drug-likeness (QED) is 0.864. The number of methoxy groups -OCH3 is 1. The Morgan fingerprint density at radius 1 is 1.28 bits per heavy atom. The van der Waals surface area contributed by atoms with Crippen molar-refractivity contribution in [2.24, 2.45) is 11.7 Å². The molecule has 2 heteroatoms. The van der Waals surface area contributed by atoms with E-state index in [0.29, 0.717) is 5.92 Å². The van der Waals surface area contributed by atoms with Crippen LogP contribution in [-0.4, -0.2) is 13.7 Å². The van der Waals surface area contributed by atoms with Crippen LogP contribution in [0.2, 0.25) is 0 Å². The molecule has 2 rings (SSSR count). The first-order valence-corrected chi connectivity index (χ1v) is 6.94. The molecule has 0 bridgehead atoms. The minimum atomic E-state index is 0.651. The fraction of sp³-hybridized carbons (Fsp3) is 0.625. The number of hydrogen-bond acceptors (Lipinski definition) is 2. The van der Waals surface area contributed by atoms with Crippen molar-refractivity contribution >= 4 is 0 Å². The van der Waals surface area contributed by atoms with E-state index in [2.05, 4.69) is 26.8 Å². The maximum atomic E-state index is 5.79. The molecule has 100 valence electrons. The SMILES string of the molecule is COc1c(C)cc(C(CCN)C2CC2)c(C)c1C. The van der Waals surface area contributed by atoms with E-state index in [1.54, 1.807) is 7.11 Å². The average Bonchev–Trinajstić information content (AvgIpc) is 3.16. The van der Waals surface area contributed by atoms with Gasteiger partial charge in [-0.25, -0.2) is 0 Å². The predicted molar refractivity (Wildman–Crippen MR) is 76.3 cm³/mol. The van der Waals surface area contributed by atoms with E-state index in [9.17, 15) is 0 Å². The Kier molecular flexibility index (Phi) is 3.96. The van der Waals surface area contributed by atoms with Crippen LogP contribution < -0.4 is 10.5 Å². The van der Waals surface area contributed by atoms with Crippen LogP contribution in [0.4, 0.5) is 0 Å². The van der Waals surface area contributed by atoms with Gasteiger partial charge >= 0.3 is 0 Å². The van der Waals surface area contributed by atoms with Crippen molar-refractivity contribution in [3.05, 3.63) is 28.3 Å². The molecule has 1 aliphatic rings. The zero-order valence-electron chi connectivity index (χ0n) is 12.0. The zero-order valence-corrected chi connectivity index (χ0v) is 12.0. The van der Waals surface area contributed by atoms with Gasteiger partial charge in [-0.1, -0.05) is 6.07 Å². The van der Waals surface area contributed by atoms with E-state index in [-0.39, 0.29) is 0 Å². The minimum Gasteiger partial charge on any atom is -0.496 e. The molecule has 0 aliphatic heterocycles. The summed E-state index contributed by atoms with van der Waals surface area (Å²) in [7, 11) is 1.76. The van der Waals surface area contributed by atoms with Gasteiger partial charge in [0.1, 0.15) is 5.75 Å². The van der Waals surface area contributed by atoms with Crippen LogP contribution in [-0.2, 0) is 0 Å². The average molecular weight is 247 g/mol. The molecular formula is C16H25NO. The number of benzene rings is 1. The van der Waals surface area contributed by atoms with Crippen molar-refractivity contribution in [3.8, 4) is 5.75 Å². The molecular weight excluding hydrogens is 222 g/mol. The summed E-state index contributed by atoms with van der Waals surface area (Å²) < 4.78 is 5.50. The van der Waals surface area contributed by atoms with Gasteiger partial charge in [-0.05, 0) is 80.7 Å². The second kappa shape index (κ2) is 5.31. The van der Waals surface area contributed by atoms with Crippen molar-refractivity contribution in [1.82, 2.24) is 0 Å². The van der Waals surface area contributed by atoms with Crippen molar-refractivity contribution in [2.45, 2.75) is 46.0 Å². The van der Waals surface area contributed by atoms with E-state index in [1.807, 2.05) is 0 Å². The number of aryl methyl sites for hydroxylation is 1. The third-order valence-corrected chi connectivity index (χ3v) is 4.34. The highest BCUT2D eigenvalue weighted by Crippen LogP contribution is 2.46. The highest BCUT2D eigenvalue weighted by atomic mass is 16.5. The van der Waals surface area contributed by atoms with Crippen molar-refractivity contribution in [2.75, 3.05) is 13.7 Å².